The predicted octanol–water partition coefficient (Wildman–Crippen LogP) is 4.23. The van der Waals surface area contributed by atoms with E-state index in [1.165, 1.54) is 5.56 Å². The molecule has 4 aromatic rings. The monoisotopic (exact) mass is 394 g/mol. The second kappa shape index (κ2) is 6.53. The lowest BCUT2D eigenvalue weighted by Gasteiger charge is -2.20. The van der Waals surface area contributed by atoms with E-state index in [0.717, 1.165) is 59.8 Å². The smallest absolute Gasteiger partial charge is 0.271 e. The largest absolute Gasteiger partial charge is 0.338 e. The first-order chi connectivity index (χ1) is 13.6. The number of rotatable bonds is 3. The van der Waals surface area contributed by atoms with Crippen molar-refractivity contribution in [3.63, 3.8) is 0 Å². The third-order valence-electron chi connectivity index (χ3n) is 5.21. The molecule has 0 saturated carbocycles. The quantitative estimate of drug-likeness (QED) is 0.417. The number of aryl methyl sites for hydroxylation is 2. The maximum atomic E-state index is 12.0. The van der Waals surface area contributed by atoms with Crippen LogP contribution in [0.25, 0.3) is 22.2 Å². The van der Waals surface area contributed by atoms with Crippen LogP contribution in [0.3, 0.4) is 0 Å². The molecular formula is C20H19ClN6O. The van der Waals surface area contributed by atoms with Crippen LogP contribution in [0.4, 0.5) is 11.5 Å². The van der Waals surface area contributed by atoms with Gasteiger partial charge >= 0.3 is 0 Å². The molecule has 1 aliphatic carbocycles. The van der Waals surface area contributed by atoms with Gasteiger partial charge in [0.1, 0.15) is 0 Å². The van der Waals surface area contributed by atoms with Crippen LogP contribution in [0.15, 0.2) is 29.1 Å². The minimum absolute atomic E-state index is 0.170. The summed E-state index contributed by atoms with van der Waals surface area (Å²) >= 11 is 6.53. The SMILES string of the molecule is Cc1cc(Nc2cc(-c3cc4c(=O)[nH][nH]c4cc3Cl)nc3c2CCCC3)n[nH]1. The van der Waals surface area contributed by atoms with E-state index >= 15 is 0 Å². The van der Waals surface area contributed by atoms with Crippen molar-refractivity contribution in [3.05, 3.63) is 56.6 Å². The van der Waals surface area contributed by atoms with Crippen molar-refractivity contribution in [2.45, 2.75) is 32.6 Å². The van der Waals surface area contributed by atoms with Gasteiger partial charge in [-0.2, -0.15) is 5.10 Å². The highest BCUT2D eigenvalue weighted by Crippen LogP contribution is 2.36. The van der Waals surface area contributed by atoms with Gasteiger partial charge in [-0.1, -0.05) is 11.6 Å². The Bertz CT molecular complexity index is 1250. The van der Waals surface area contributed by atoms with Crippen LogP contribution < -0.4 is 10.9 Å². The van der Waals surface area contributed by atoms with E-state index in [4.69, 9.17) is 16.6 Å². The number of hydrogen-bond acceptors (Lipinski definition) is 4. The zero-order chi connectivity index (χ0) is 19.3. The van der Waals surface area contributed by atoms with E-state index in [2.05, 4.69) is 25.7 Å². The van der Waals surface area contributed by atoms with Crippen LogP contribution in [0.2, 0.25) is 5.02 Å². The van der Waals surface area contributed by atoms with Gasteiger partial charge < -0.3 is 5.32 Å². The first-order valence-corrected chi connectivity index (χ1v) is 9.68. The number of hydrogen-bond donors (Lipinski definition) is 4. The van der Waals surface area contributed by atoms with Crippen molar-refractivity contribution in [1.29, 1.82) is 0 Å². The normalized spacial score (nSPS) is 13.6. The molecule has 0 fully saturated rings. The van der Waals surface area contributed by atoms with Gasteiger partial charge in [0.25, 0.3) is 5.56 Å². The zero-order valence-corrected chi connectivity index (χ0v) is 16.1. The second-order valence-corrected chi connectivity index (χ2v) is 7.61. The second-order valence-electron chi connectivity index (χ2n) is 7.21. The first-order valence-electron chi connectivity index (χ1n) is 9.30. The van der Waals surface area contributed by atoms with Crippen LogP contribution >= 0.6 is 11.6 Å². The molecule has 7 nitrogen and oxygen atoms in total. The molecule has 142 valence electrons. The summed E-state index contributed by atoms with van der Waals surface area (Å²) in [5, 5.41) is 17.2. The minimum Gasteiger partial charge on any atom is -0.338 e. The van der Waals surface area contributed by atoms with Crippen LogP contribution in [-0.2, 0) is 12.8 Å². The number of aromatic amines is 3. The molecule has 1 aliphatic rings. The topological polar surface area (TPSA) is 102 Å². The van der Waals surface area contributed by atoms with Gasteiger partial charge in [0.2, 0.25) is 0 Å². The van der Waals surface area contributed by atoms with Crippen molar-refractivity contribution in [1.82, 2.24) is 25.4 Å². The molecule has 0 bridgehead atoms. The summed E-state index contributed by atoms with van der Waals surface area (Å²) in [6, 6.07) is 7.53. The maximum absolute atomic E-state index is 12.0. The van der Waals surface area contributed by atoms with Gasteiger partial charge in [0.05, 0.1) is 21.6 Å². The molecule has 5 rings (SSSR count). The van der Waals surface area contributed by atoms with Crippen molar-refractivity contribution in [2.24, 2.45) is 0 Å². The average molecular weight is 395 g/mol. The highest BCUT2D eigenvalue weighted by molar-refractivity contribution is 6.34. The molecule has 0 saturated heterocycles. The van der Waals surface area contributed by atoms with Crippen LogP contribution in [-0.4, -0.2) is 25.4 Å². The number of anilines is 2. The molecule has 0 amide bonds. The van der Waals surface area contributed by atoms with Crippen LogP contribution in [0, 0.1) is 6.92 Å². The number of nitrogens with one attached hydrogen (secondary N) is 4. The van der Waals surface area contributed by atoms with E-state index in [1.54, 1.807) is 12.1 Å². The van der Waals surface area contributed by atoms with Crippen LogP contribution in [0.1, 0.15) is 29.8 Å². The Morgan fingerprint density at radius 2 is 1.96 bits per heavy atom. The van der Waals surface area contributed by atoms with Crippen molar-refractivity contribution < 1.29 is 0 Å². The molecule has 0 unspecified atom stereocenters. The van der Waals surface area contributed by atoms with E-state index in [9.17, 15) is 4.79 Å². The summed E-state index contributed by atoms with van der Waals surface area (Å²) in [6.07, 6.45) is 4.18. The fourth-order valence-electron chi connectivity index (χ4n) is 3.83. The Morgan fingerprint density at radius 1 is 1.11 bits per heavy atom. The lowest BCUT2D eigenvalue weighted by atomic mass is 9.93. The van der Waals surface area contributed by atoms with Crippen molar-refractivity contribution >= 4 is 34.0 Å². The molecule has 0 radical (unpaired) electrons. The summed E-state index contributed by atoms with van der Waals surface area (Å²) in [5.41, 5.74) is 6.30. The number of nitrogens with zero attached hydrogens (tertiary/aromatic N) is 2. The van der Waals surface area contributed by atoms with E-state index in [1.807, 2.05) is 19.1 Å². The molecule has 4 N–H and O–H groups in total. The fraction of sp³-hybridized carbons (Fsp3) is 0.250. The Morgan fingerprint density at radius 3 is 2.79 bits per heavy atom. The molecule has 0 spiro atoms. The summed E-state index contributed by atoms with van der Waals surface area (Å²) in [7, 11) is 0. The highest BCUT2D eigenvalue weighted by Gasteiger charge is 2.19. The summed E-state index contributed by atoms with van der Waals surface area (Å²) in [6.45, 7) is 1.97. The Kier molecular flexibility index (Phi) is 3.98. The third-order valence-corrected chi connectivity index (χ3v) is 5.52. The summed E-state index contributed by atoms with van der Waals surface area (Å²) in [5.74, 6) is 0.769. The summed E-state index contributed by atoms with van der Waals surface area (Å²) < 4.78 is 0. The molecule has 3 aromatic heterocycles. The average Bonchev–Trinajstić information content (AvgIpc) is 3.26. The molecule has 0 aliphatic heterocycles. The first kappa shape index (κ1) is 17.1. The van der Waals surface area contributed by atoms with Gasteiger partial charge in [-0.15, -0.1) is 0 Å². The number of halogens is 1. The minimum atomic E-state index is -0.170. The van der Waals surface area contributed by atoms with E-state index in [-0.39, 0.29) is 5.56 Å². The van der Waals surface area contributed by atoms with Crippen molar-refractivity contribution in [3.8, 4) is 11.3 Å². The molecule has 0 atom stereocenters. The van der Waals surface area contributed by atoms with Gasteiger partial charge in [0.15, 0.2) is 5.82 Å². The van der Waals surface area contributed by atoms with Gasteiger partial charge in [-0.25, -0.2) is 0 Å². The van der Waals surface area contributed by atoms with E-state index < -0.39 is 0 Å². The summed E-state index contributed by atoms with van der Waals surface area (Å²) in [4.78, 5) is 16.9. The van der Waals surface area contributed by atoms with Gasteiger partial charge in [-0.3, -0.25) is 25.1 Å². The van der Waals surface area contributed by atoms with Crippen molar-refractivity contribution in [2.75, 3.05) is 5.32 Å². The number of H-pyrrole nitrogens is 3. The predicted molar refractivity (Wildman–Crippen MR) is 110 cm³/mol. The van der Waals surface area contributed by atoms with E-state index in [0.29, 0.717) is 15.9 Å². The molecule has 1 aromatic carbocycles. The Labute approximate surface area is 165 Å². The molecular weight excluding hydrogens is 376 g/mol. The molecule has 8 heteroatoms. The zero-order valence-electron chi connectivity index (χ0n) is 15.3. The lowest BCUT2D eigenvalue weighted by Crippen LogP contribution is -2.10. The number of pyridine rings is 1. The molecule has 3 heterocycles. The van der Waals surface area contributed by atoms with Crippen LogP contribution in [0.5, 0.6) is 0 Å². The number of benzene rings is 1. The standard InChI is InChI=1S/C20H19ClN6O/c1-10-6-19(26-24-10)23-16-9-17(22-15-5-3-2-4-11(15)16)12-7-13-18(8-14(12)21)25-27-20(13)28/h6-9H,2-5H2,1H3,(H2,25,27,28)(H2,22,23,24,26). The fourth-order valence-corrected chi connectivity index (χ4v) is 4.09. The van der Waals surface area contributed by atoms with Gasteiger partial charge in [-0.05, 0) is 56.4 Å². The van der Waals surface area contributed by atoms with Gasteiger partial charge in [0, 0.05) is 28.7 Å². The third kappa shape index (κ3) is 2.88. The molecule has 28 heavy (non-hydrogen) atoms. The Balaban J connectivity index is 1.67. The Hall–Kier alpha value is -3.06. The highest BCUT2D eigenvalue weighted by atomic mass is 35.5. The lowest BCUT2D eigenvalue weighted by molar-refractivity contribution is 0.670. The number of aromatic nitrogens is 5. The maximum Gasteiger partial charge on any atom is 0.271 e. The number of fused-ring (bicyclic) bond motifs is 2.